The fourth-order valence-electron chi connectivity index (χ4n) is 2.15. The van der Waals surface area contributed by atoms with Crippen molar-refractivity contribution in [3.63, 3.8) is 0 Å². The molecule has 0 aromatic heterocycles. The molecular weight excluding hydrogens is 248 g/mol. The van der Waals surface area contributed by atoms with E-state index in [-0.39, 0.29) is 5.97 Å². The molecule has 2 rings (SSSR count). The van der Waals surface area contributed by atoms with Gasteiger partial charge in [0.2, 0.25) is 0 Å². The Morgan fingerprint density at radius 2 is 2.33 bits per heavy atom. The van der Waals surface area contributed by atoms with Crippen LogP contribution in [0.25, 0.3) is 0 Å². The number of hydrogen-bond donors (Lipinski definition) is 1. The van der Waals surface area contributed by atoms with E-state index in [2.05, 4.69) is 16.6 Å². The predicted octanol–water partition coefficient (Wildman–Crippen LogP) is 2.00. The van der Waals surface area contributed by atoms with Gasteiger partial charge in [0, 0.05) is 24.1 Å². The summed E-state index contributed by atoms with van der Waals surface area (Å²) in [7, 11) is 1.37. The topological polar surface area (TPSA) is 55.6 Å². The van der Waals surface area contributed by atoms with E-state index in [9.17, 15) is 4.79 Å². The van der Waals surface area contributed by atoms with Crippen molar-refractivity contribution in [3.05, 3.63) is 23.8 Å². The van der Waals surface area contributed by atoms with E-state index in [1.54, 1.807) is 12.1 Å². The van der Waals surface area contributed by atoms with Crippen LogP contribution in [-0.4, -0.2) is 37.2 Å². The van der Waals surface area contributed by atoms with Crippen molar-refractivity contribution in [2.75, 3.05) is 35.8 Å². The quantitative estimate of drug-likeness (QED) is 0.655. The lowest BCUT2D eigenvalue weighted by atomic mass is 10.1. The Hall–Kier alpha value is -1.36. The average Bonchev–Trinajstić information content (AvgIpc) is 2.39. The highest BCUT2D eigenvalue weighted by molar-refractivity contribution is 7.99. The van der Waals surface area contributed by atoms with Gasteiger partial charge in [-0.15, -0.1) is 0 Å². The van der Waals surface area contributed by atoms with Gasteiger partial charge in [0.25, 0.3) is 0 Å². The summed E-state index contributed by atoms with van der Waals surface area (Å²) >= 11 is 1.96. The van der Waals surface area contributed by atoms with Crippen LogP contribution in [0, 0.1) is 0 Å². The number of hydrogen-bond acceptors (Lipinski definition) is 5. The minimum atomic E-state index is -0.351. The molecule has 5 heteroatoms. The number of carbonyl (C=O) groups excluding carboxylic acids is 1. The zero-order valence-electron chi connectivity index (χ0n) is 10.7. The number of methoxy groups -OCH3 is 1. The smallest absolute Gasteiger partial charge is 0.337 e. The van der Waals surface area contributed by atoms with Crippen LogP contribution in [0.4, 0.5) is 11.4 Å². The summed E-state index contributed by atoms with van der Waals surface area (Å²) in [4.78, 5) is 13.7. The molecule has 1 saturated heterocycles. The van der Waals surface area contributed by atoms with Gasteiger partial charge in [-0.3, -0.25) is 0 Å². The van der Waals surface area contributed by atoms with Gasteiger partial charge in [0.1, 0.15) is 0 Å². The number of benzene rings is 1. The van der Waals surface area contributed by atoms with Crippen LogP contribution in [-0.2, 0) is 4.74 Å². The summed E-state index contributed by atoms with van der Waals surface area (Å²) in [5.74, 6) is 1.87. The van der Waals surface area contributed by atoms with Crippen molar-refractivity contribution in [2.24, 2.45) is 0 Å². The Kier molecular flexibility index (Phi) is 4.01. The van der Waals surface area contributed by atoms with Crippen molar-refractivity contribution in [2.45, 2.75) is 13.0 Å². The van der Waals surface area contributed by atoms with Gasteiger partial charge in [0.15, 0.2) is 0 Å². The lowest BCUT2D eigenvalue weighted by molar-refractivity contribution is 0.0601. The van der Waals surface area contributed by atoms with Crippen molar-refractivity contribution in [1.82, 2.24) is 0 Å². The Morgan fingerprint density at radius 3 is 2.94 bits per heavy atom. The fourth-order valence-corrected chi connectivity index (χ4v) is 3.16. The van der Waals surface area contributed by atoms with E-state index in [1.165, 1.54) is 7.11 Å². The first-order chi connectivity index (χ1) is 8.63. The maximum atomic E-state index is 11.4. The normalized spacial score (nSPS) is 19.7. The van der Waals surface area contributed by atoms with Crippen molar-refractivity contribution >= 4 is 29.1 Å². The SMILES string of the molecule is COC(=O)c1ccc(N2CCSCC2C)c(N)c1. The molecule has 1 atom stereocenters. The van der Waals surface area contributed by atoms with Crippen LogP contribution in [0.3, 0.4) is 0 Å². The van der Waals surface area contributed by atoms with Gasteiger partial charge in [-0.2, -0.15) is 11.8 Å². The number of anilines is 2. The molecule has 1 aromatic carbocycles. The molecule has 0 aliphatic carbocycles. The lowest BCUT2D eigenvalue weighted by Crippen LogP contribution is -2.40. The third kappa shape index (κ3) is 2.56. The summed E-state index contributed by atoms with van der Waals surface area (Å²) in [5, 5.41) is 0. The minimum Gasteiger partial charge on any atom is -0.465 e. The molecule has 0 spiro atoms. The summed E-state index contributed by atoms with van der Waals surface area (Å²) < 4.78 is 4.69. The van der Waals surface area contributed by atoms with E-state index in [1.807, 2.05) is 17.8 Å². The summed E-state index contributed by atoms with van der Waals surface area (Å²) in [6.07, 6.45) is 0. The molecular formula is C13H18N2O2S. The number of nitrogens with two attached hydrogens (primary N) is 1. The highest BCUT2D eigenvalue weighted by Crippen LogP contribution is 2.29. The number of carbonyl (C=O) groups is 1. The van der Waals surface area contributed by atoms with Gasteiger partial charge in [-0.05, 0) is 25.1 Å². The van der Waals surface area contributed by atoms with E-state index >= 15 is 0 Å². The third-order valence-electron chi connectivity index (χ3n) is 3.13. The Labute approximate surface area is 111 Å². The third-order valence-corrected chi connectivity index (χ3v) is 4.32. The molecule has 0 amide bonds. The molecule has 1 aliphatic heterocycles. The van der Waals surface area contributed by atoms with E-state index in [4.69, 9.17) is 5.73 Å². The molecule has 1 fully saturated rings. The second kappa shape index (κ2) is 5.52. The highest BCUT2D eigenvalue weighted by Gasteiger charge is 2.21. The van der Waals surface area contributed by atoms with Gasteiger partial charge < -0.3 is 15.4 Å². The molecule has 0 saturated carbocycles. The number of thioether (sulfide) groups is 1. The largest absolute Gasteiger partial charge is 0.465 e. The first-order valence-corrected chi connectivity index (χ1v) is 7.11. The van der Waals surface area contributed by atoms with Gasteiger partial charge in [0.05, 0.1) is 24.0 Å². The van der Waals surface area contributed by atoms with Gasteiger partial charge in [-0.25, -0.2) is 4.79 Å². The number of esters is 1. The molecule has 2 N–H and O–H groups in total. The van der Waals surface area contributed by atoms with Crippen molar-refractivity contribution in [1.29, 1.82) is 0 Å². The summed E-state index contributed by atoms with van der Waals surface area (Å²) in [6.45, 7) is 3.19. The van der Waals surface area contributed by atoms with Crippen molar-refractivity contribution < 1.29 is 9.53 Å². The minimum absolute atomic E-state index is 0.351. The van der Waals surface area contributed by atoms with Crippen LogP contribution in [0.15, 0.2) is 18.2 Å². The summed E-state index contributed by atoms with van der Waals surface area (Å²) in [6, 6.07) is 5.84. The average molecular weight is 266 g/mol. The lowest BCUT2D eigenvalue weighted by Gasteiger charge is -2.35. The highest BCUT2D eigenvalue weighted by atomic mass is 32.2. The first kappa shape index (κ1) is 13.1. The van der Waals surface area contributed by atoms with E-state index < -0.39 is 0 Å². The van der Waals surface area contributed by atoms with E-state index in [0.29, 0.717) is 17.3 Å². The zero-order chi connectivity index (χ0) is 13.1. The molecule has 1 aliphatic rings. The van der Waals surface area contributed by atoms with Crippen molar-refractivity contribution in [3.8, 4) is 0 Å². The van der Waals surface area contributed by atoms with Gasteiger partial charge >= 0.3 is 5.97 Å². The van der Waals surface area contributed by atoms with Gasteiger partial charge in [-0.1, -0.05) is 0 Å². The Balaban J connectivity index is 2.26. The Morgan fingerprint density at radius 1 is 1.56 bits per heavy atom. The van der Waals surface area contributed by atoms with E-state index in [0.717, 1.165) is 23.7 Å². The van der Waals surface area contributed by atoms with Crippen LogP contribution in [0.5, 0.6) is 0 Å². The second-order valence-corrected chi connectivity index (χ2v) is 5.53. The predicted molar refractivity (Wildman–Crippen MR) is 76.3 cm³/mol. The maximum absolute atomic E-state index is 11.4. The molecule has 98 valence electrons. The standard InChI is InChI=1S/C13H18N2O2S/c1-9-8-18-6-5-15(9)12-4-3-10(7-11(12)14)13(16)17-2/h3-4,7,9H,5-6,8,14H2,1-2H3. The number of ether oxygens (including phenoxy) is 1. The first-order valence-electron chi connectivity index (χ1n) is 5.95. The molecule has 0 bridgehead atoms. The van der Waals surface area contributed by atoms with Crippen LogP contribution >= 0.6 is 11.8 Å². The molecule has 4 nitrogen and oxygen atoms in total. The second-order valence-electron chi connectivity index (χ2n) is 4.38. The Bertz CT molecular complexity index is 451. The van der Waals surface area contributed by atoms with Crippen LogP contribution in [0.2, 0.25) is 0 Å². The monoisotopic (exact) mass is 266 g/mol. The molecule has 1 aromatic rings. The number of nitrogens with zero attached hydrogens (tertiary/aromatic N) is 1. The number of rotatable bonds is 2. The maximum Gasteiger partial charge on any atom is 0.337 e. The number of nitrogen functional groups attached to an aromatic ring is 1. The molecule has 1 unspecified atom stereocenters. The molecule has 1 heterocycles. The van der Waals surface area contributed by atoms with Crippen LogP contribution in [0.1, 0.15) is 17.3 Å². The fraction of sp³-hybridized carbons (Fsp3) is 0.462. The molecule has 0 radical (unpaired) electrons. The summed E-state index contributed by atoms with van der Waals surface area (Å²) in [5.41, 5.74) is 8.19. The zero-order valence-corrected chi connectivity index (χ0v) is 11.5. The molecule has 18 heavy (non-hydrogen) atoms. The van der Waals surface area contributed by atoms with Crippen LogP contribution < -0.4 is 10.6 Å².